The molecule has 0 aliphatic carbocycles. The van der Waals surface area contributed by atoms with Crippen LogP contribution in [0, 0.1) is 5.92 Å². The number of thioether (sulfide) groups is 1. The molecule has 118 valence electrons. The number of likely N-dealkylation sites (tertiary alicyclic amines) is 1. The summed E-state index contributed by atoms with van der Waals surface area (Å²) in [5.41, 5.74) is 0. The Bertz CT molecular complexity index is 416. The lowest BCUT2D eigenvalue weighted by Gasteiger charge is -2.32. The third-order valence-electron chi connectivity index (χ3n) is 3.83. The molecular formula is C14H22N2O4S. The van der Waals surface area contributed by atoms with E-state index in [1.54, 1.807) is 16.7 Å². The van der Waals surface area contributed by atoms with Gasteiger partial charge >= 0.3 is 5.97 Å². The fourth-order valence-electron chi connectivity index (χ4n) is 2.67. The molecule has 2 fully saturated rings. The molecule has 0 bridgehead atoms. The topological polar surface area (TPSA) is 66.9 Å². The van der Waals surface area contributed by atoms with Crippen molar-refractivity contribution >= 4 is 28.9 Å². The largest absolute Gasteiger partial charge is 0.466 e. The van der Waals surface area contributed by atoms with Crippen LogP contribution < -0.4 is 0 Å². The van der Waals surface area contributed by atoms with Gasteiger partial charge < -0.3 is 14.5 Å². The van der Waals surface area contributed by atoms with Gasteiger partial charge in [0.25, 0.3) is 5.24 Å². The van der Waals surface area contributed by atoms with Crippen molar-refractivity contribution in [2.24, 2.45) is 5.92 Å². The second kappa shape index (κ2) is 7.68. The van der Waals surface area contributed by atoms with E-state index in [9.17, 15) is 14.4 Å². The summed E-state index contributed by atoms with van der Waals surface area (Å²) in [4.78, 5) is 38.9. The SMILES string of the molecule is CCOC(=O)[C@H]1CCCN(C(=O)CCN2CCSC2=O)C1. The number of hydrogen-bond acceptors (Lipinski definition) is 5. The molecule has 2 aliphatic heterocycles. The van der Waals surface area contributed by atoms with Crippen LogP contribution in [0.1, 0.15) is 26.2 Å². The lowest BCUT2D eigenvalue weighted by Crippen LogP contribution is -2.43. The molecule has 2 saturated heterocycles. The Kier molecular flexibility index (Phi) is 5.90. The zero-order chi connectivity index (χ0) is 15.2. The summed E-state index contributed by atoms with van der Waals surface area (Å²) in [6, 6.07) is 0. The first kappa shape index (κ1) is 16.1. The van der Waals surface area contributed by atoms with Crippen LogP contribution in [0.15, 0.2) is 0 Å². The summed E-state index contributed by atoms with van der Waals surface area (Å²) in [5.74, 6) is 0.420. The van der Waals surface area contributed by atoms with E-state index in [1.165, 1.54) is 11.8 Å². The van der Waals surface area contributed by atoms with E-state index in [0.717, 1.165) is 25.1 Å². The highest BCUT2D eigenvalue weighted by Crippen LogP contribution is 2.20. The maximum atomic E-state index is 12.2. The lowest BCUT2D eigenvalue weighted by atomic mass is 9.98. The molecule has 0 radical (unpaired) electrons. The fraction of sp³-hybridized carbons (Fsp3) is 0.786. The Balaban J connectivity index is 1.78. The maximum absolute atomic E-state index is 12.2. The first-order chi connectivity index (χ1) is 10.1. The number of rotatable bonds is 5. The van der Waals surface area contributed by atoms with Crippen molar-refractivity contribution in [2.45, 2.75) is 26.2 Å². The number of esters is 1. The van der Waals surface area contributed by atoms with Gasteiger partial charge in [-0.2, -0.15) is 0 Å². The number of carbonyl (C=O) groups excluding carboxylic acids is 3. The minimum Gasteiger partial charge on any atom is -0.466 e. The molecule has 0 aromatic heterocycles. The van der Waals surface area contributed by atoms with Crippen molar-refractivity contribution in [2.75, 3.05) is 38.5 Å². The molecule has 6 nitrogen and oxygen atoms in total. The molecular weight excluding hydrogens is 292 g/mol. The summed E-state index contributed by atoms with van der Waals surface area (Å²) in [6.45, 7) is 4.50. The van der Waals surface area contributed by atoms with Gasteiger partial charge in [0, 0.05) is 38.4 Å². The Morgan fingerprint density at radius 3 is 2.86 bits per heavy atom. The molecule has 0 spiro atoms. The zero-order valence-electron chi connectivity index (χ0n) is 12.4. The molecule has 0 aromatic rings. The minimum absolute atomic E-state index is 0.0219. The summed E-state index contributed by atoms with van der Waals surface area (Å²) in [6.07, 6.45) is 1.94. The molecule has 2 rings (SSSR count). The normalized spacial score (nSPS) is 22.5. The van der Waals surface area contributed by atoms with Crippen LogP contribution >= 0.6 is 11.8 Å². The Labute approximate surface area is 129 Å². The van der Waals surface area contributed by atoms with E-state index in [-0.39, 0.29) is 23.0 Å². The van der Waals surface area contributed by atoms with Gasteiger partial charge in [-0.05, 0) is 19.8 Å². The number of ether oxygens (including phenoxy) is 1. The van der Waals surface area contributed by atoms with E-state index < -0.39 is 0 Å². The number of hydrogen-bond donors (Lipinski definition) is 0. The van der Waals surface area contributed by atoms with Crippen molar-refractivity contribution in [1.29, 1.82) is 0 Å². The van der Waals surface area contributed by atoms with Gasteiger partial charge in [0.15, 0.2) is 0 Å². The first-order valence-electron chi connectivity index (χ1n) is 7.48. The molecule has 0 N–H and O–H groups in total. The second-order valence-corrected chi connectivity index (χ2v) is 6.33. The lowest BCUT2D eigenvalue weighted by molar-refractivity contribution is -0.151. The van der Waals surface area contributed by atoms with Crippen molar-refractivity contribution in [3.05, 3.63) is 0 Å². The van der Waals surface area contributed by atoms with Crippen LogP contribution in [0.2, 0.25) is 0 Å². The molecule has 2 heterocycles. The molecule has 0 aromatic carbocycles. The molecule has 2 aliphatic rings. The highest BCUT2D eigenvalue weighted by Gasteiger charge is 2.30. The van der Waals surface area contributed by atoms with Crippen LogP contribution in [-0.4, -0.2) is 65.5 Å². The number of amides is 2. The zero-order valence-corrected chi connectivity index (χ0v) is 13.2. The predicted molar refractivity (Wildman–Crippen MR) is 80.0 cm³/mol. The van der Waals surface area contributed by atoms with Crippen molar-refractivity contribution in [1.82, 2.24) is 9.80 Å². The highest BCUT2D eigenvalue weighted by molar-refractivity contribution is 8.13. The van der Waals surface area contributed by atoms with Gasteiger partial charge in [0.05, 0.1) is 12.5 Å². The van der Waals surface area contributed by atoms with E-state index in [2.05, 4.69) is 0 Å². The molecule has 21 heavy (non-hydrogen) atoms. The van der Waals surface area contributed by atoms with Gasteiger partial charge in [-0.3, -0.25) is 14.4 Å². The Morgan fingerprint density at radius 1 is 1.38 bits per heavy atom. The number of piperidine rings is 1. The van der Waals surface area contributed by atoms with E-state index >= 15 is 0 Å². The van der Waals surface area contributed by atoms with Gasteiger partial charge in [-0.1, -0.05) is 11.8 Å². The van der Waals surface area contributed by atoms with Gasteiger partial charge in [-0.15, -0.1) is 0 Å². The standard InChI is InChI=1S/C14H22N2O4S/c1-2-20-13(18)11-4-3-6-16(10-11)12(17)5-7-15-8-9-21-14(15)19/h11H,2-10H2,1H3/t11-/m0/s1. The minimum atomic E-state index is -0.207. The van der Waals surface area contributed by atoms with Crippen LogP contribution in [0.3, 0.4) is 0 Å². The molecule has 0 saturated carbocycles. The van der Waals surface area contributed by atoms with E-state index in [1.807, 2.05) is 0 Å². The Hall–Kier alpha value is -1.24. The average molecular weight is 314 g/mol. The van der Waals surface area contributed by atoms with E-state index in [0.29, 0.717) is 32.7 Å². The highest BCUT2D eigenvalue weighted by atomic mass is 32.2. The molecule has 1 atom stereocenters. The predicted octanol–water partition coefficient (Wildman–Crippen LogP) is 1.35. The molecule has 2 amide bonds. The second-order valence-electron chi connectivity index (χ2n) is 5.28. The van der Waals surface area contributed by atoms with Gasteiger partial charge in [-0.25, -0.2) is 0 Å². The third kappa shape index (κ3) is 4.36. The van der Waals surface area contributed by atoms with Crippen molar-refractivity contribution < 1.29 is 19.1 Å². The summed E-state index contributed by atoms with van der Waals surface area (Å²) >= 11 is 1.30. The maximum Gasteiger partial charge on any atom is 0.310 e. The van der Waals surface area contributed by atoms with Crippen LogP contribution in [0.5, 0.6) is 0 Å². The van der Waals surface area contributed by atoms with Crippen LogP contribution in [-0.2, 0) is 14.3 Å². The smallest absolute Gasteiger partial charge is 0.310 e. The number of carbonyl (C=O) groups is 3. The fourth-order valence-corrected chi connectivity index (χ4v) is 3.53. The Morgan fingerprint density at radius 2 is 2.19 bits per heavy atom. The van der Waals surface area contributed by atoms with Crippen LogP contribution in [0.25, 0.3) is 0 Å². The summed E-state index contributed by atoms with van der Waals surface area (Å²) in [5, 5.41) is 0.0610. The summed E-state index contributed by atoms with van der Waals surface area (Å²) < 4.78 is 5.03. The van der Waals surface area contributed by atoms with Crippen molar-refractivity contribution in [3.63, 3.8) is 0 Å². The monoisotopic (exact) mass is 314 g/mol. The average Bonchev–Trinajstić information content (AvgIpc) is 2.90. The van der Waals surface area contributed by atoms with Crippen molar-refractivity contribution in [3.8, 4) is 0 Å². The van der Waals surface area contributed by atoms with Gasteiger partial charge in [0.1, 0.15) is 0 Å². The third-order valence-corrected chi connectivity index (χ3v) is 4.73. The van der Waals surface area contributed by atoms with Crippen LogP contribution in [0.4, 0.5) is 4.79 Å². The van der Waals surface area contributed by atoms with Gasteiger partial charge in [0.2, 0.25) is 5.91 Å². The van der Waals surface area contributed by atoms with E-state index in [4.69, 9.17) is 4.74 Å². The number of nitrogens with zero attached hydrogens (tertiary/aromatic N) is 2. The first-order valence-corrected chi connectivity index (χ1v) is 8.46. The molecule has 0 unspecified atom stereocenters. The quantitative estimate of drug-likeness (QED) is 0.717. The molecule has 7 heteroatoms. The summed E-state index contributed by atoms with van der Waals surface area (Å²) in [7, 11) is 0.